The smallest absolute Gasteiger partial charge is 0.271 e. The Balaban J connectivity index is 1.24. The third-order valence-electron chi connectivity index (χ3n) is 9.61. The Hall–Kier alpha value is -4.06. The number of unbranched alkanes of at least 4 members (excludes halogenated alkanes) is 1. The largest absolute Gasteiger partial charge is 0.381 e. The molecule has 2 aliphatic carbocycles. The summed E-state index contributed by atoms with van der Waals surface area (Å²) in [6.45, 7) is 4.51. The van der Waals surface area contributed by atoms with E-state index in [1.54, 1.807) is 0 Å². The number of nitrogens with one attached hydrogen (secondary N) is 3. The molecule has 2 saturated carbocycles. The third kappa shape index (κ3) is 12.3. The molecule has 0 radical (unpaired) electrons. The van der Waals surface area contributed by atoms with Gasteiger partial charge in [-0.15, -0.1) is 0 Å². The lowest BCUT2D eigenvalue weighted by atomic mass is 9.92. The number of benzene rings is 2. The molecule has 5 rings (SSSR count). The Morgan fingerprint density at radius 3 is 1.92 bits per heavy atom. The molecule has 0 spiro atoms. The van der Waals surface area contributed by atoms with Crippen molar-refractivity contribution in [3.05, 3.63) is 89.2 Å². The SMILES string of the molecule is CCCCOCCCNC(=O)c1cc(C(=O)N[C@H]2CCCC[C@@H]2OCc2ccccc2)n(CC(=O)N[C@H]2CCCC[C@@H]2OCc2ccccc2)n1. The molecule has 2 aromatic carbocycles. The molecule has 1 aromatic heterocycles. The summed E-state index contributed by atoms with van der Waals surface area (Å²) in [5.74, 6) is -1.08. The van der Waals surface area contributed by atoms with Crippen molar-refractivity contribution in [2.45, 2.75) is 122 Å². The van der Waals surface area contributed by atoms with Gasteiger partial charge in [-0.3, -0.25) is 14.4 Å². The number of hydrogen-bond acceptors (Lipinski definition) is 7. The first-order chi connectivity index (χ1) is 25.0. The van der Waals surface area contributed by atoms with Gasteiger partial charge in [-0.1, -0.05) is 99.7 Å². The van der Waals surface area contributed by atoms with Gasteiger partial charge in [0.2, 0.25) is 5.91 Å². The van der Waals surface area contributed by atoms with Gasteiger partial charge in [0.1, 0.15) is 12.2 Å². The lowest BCUT2D eigenvalue weighted by Gasteiger charge is -2.32. The van der Waals surface area contributed by atoms with E-state index in [1.165, 1.54) is 10.7 Å². The minimum atomic E-state index is -0.403. The highest BCUT2D eigenvalue weighted by Gasteiger charge is 2.31. The fourth-order valence-electron chi connectivity index (χ4n) is 6.75. The molecule has 0 bridgehead atoms. The van der Waals surface area contributed by atoms with Crippen LogP contribution < -0.4 is 16.0 Å². The van der Waals surface area contributed by atoms with Gasteiger partial charge in [-0.2, -0.15) is 5.10 Å². The number of amides is 3. The number of carbonyl (C=O) groups excluding carboxylic acids is 3. The zero-order valence-electron chi connectivity index (χ0n) is 30.0. The lowest BCUT2D eigenvalue weighted by Crippen LogP contribution is -2.48. The number of carbonyl (C=O) groups is 3. The molecule has 4 atom stereocenters. The number of hydrogen-bond donors (Lipinski definition) is 3. The minimum Gasteiger partial charge on any atom is -0.381 e. The van der Waals surface area contributed by atoms with Gasteiger partial charge in [-0.05, 0) is 49.7 Å². The van der Waals surface area contributed by atoms with Crippen molar-refractivity contribution in [1.29, 1.82) is 0 Å². The van der Waals surface area contributed by atoms with E-state index < -0.39 is 5.91 Å². The van der Waals surface area contributed by atoms with Gasteiger partial charge in [0.05, 0.1) is 37.5 Å². The summed E-state index contributed by atoms with van der Waals surface area (Å²) in [5, 5.41) is 13.7. The van der Waals surface area contributed by atoms with Crippen molar-refractivity contribution in [1.82, 2.24) is 25.7 Å². The van der Waals surface area contributed by atoms with Crippen LogP contribution in [0.5, 0.6) is 0 Å². The normalized spacial score (nSPS) is 20.4. The summed E-state index contributed by atoms with van der Waals surface area (Å²) >= 11 is 0. The molecule has 3 N–H and O–H groups in total. The third-order valence-corrected chi connectivity index (χ3v) is 9.61. The molecule has 2 fully saturated rings. The van der Waals surface area contributed by atoms with E-state index in [1.807, 2.05) is 60.7 Å². The molecule has 3 aromatic rings. The van der Waals surface area contributed by atoms with E-state index in [0.717, 1.165) is 75.3 Å². The number of nitrogens with zero attached hydrogens (tertiary/aromatic N) is 2. The molecule has 3 amide bonds. The van der Waals surface area contributed by atoms with Crippen LogP contribution in [0.15, 0.2) is 66.7 Å². The molecule has 2 aliphatic rings. The first-order valence-electron chi connectivity index (χ1n) is 18.8. The molecule has 11 heteroatoms. The van der Waals surface area contributed by atoms with Crippen LogP contribution in [0.4, 0.5) is 0 Å². The Morgan fingerprint density at radius 2 is 1.31 bits per heavy atom. The summed E-state index contributed by atoms with van der Waals surface area (Å²) < 4.78 is 19.5. The molecular weight excluding hydrogens is 646 g/mol. The van der Waals surface area contributed by atoms with E-state index in [4.69, 9.17) is 14.2 Å². The zero-order chi connectivity index (χ0) is 35.7. The molecule has 11 nitrogen and oxygen atoms in total. The van der Waals surface area contributed by atoms with E-state index in [2.05, 4.69) is 28.0 Å². The van der Waals surface area contributed by atoms with E-state index >= 15 is 0 Å². The summed E-state index contributed by atoms with van der Waals surface area (Å²) in [4.78, 5) is 40.6. The maximum Gasteiger partial charge on any atom is 0.271 e. The average Bonchev–Trinajstić information content (AvgIpc) is 3.58. The highest BCUT2D eigenvalue weighted by Crippen LogP contribution is 2.24. The maximum absolute atomic E-state index is 13.9. The molecule has 0 unspecified atom stereocenters. The van der Waals surface area contributed by atoms with Crippen molar-refractivity contribution in [2.24, 2.45) is 0 Å². The summed E-state index contributed by atoms with van der Waals surface area (Å²) in [5.41, 5.74) is 2.40. The van der Waals surface area contributed by atoms with E-state index in [9.17, 15) is 14.4 Å². The predicted octanol–water partition coefficient (Wildman–Crippen LogP) is 5.72. The Morgan fingerprint density at radius 1 is 0.745 bits per heavy atom. The van der Waals surface area contributed by atoms with Gasteiger partial charge >= 0.3 is 0 Å². The van der Waals surface area contributed by atoms with Crippen LogP contribution >= 0.6 is 0 Å². The summed E-state index contributed by atoms with van der Waals surface area (Å²) in [7, 11) is 0. The van der Waals surface area contributed by atoms with Gasteiger partial charge in [0, 0.05) is 25.8 Å². The first kappa shape index (κ1) is 38.2. The summed E-state index contributed by atoms with van der Waals surface area (Å²) in [6.07, 6.45) is 9.77. The molecule has 51 heavy (non-hydrogen) atoms. The van der Waals surface area contributed by atoms with E-state index in [-0.39, 0.29) is 54.0 Å². The number of rotatable bonds is 19. The van der Waals surface area contributed by atoms with Crippen molar-refractivity contribution < 1.29 is 28.6 Å². The Kier molecular flexibility index (Phi) is 15.5. The van der Waals surface area contributed by atoms with Gasteiger partial charge < -0.3 is 30.2 Å². The van der Waals surface area contributed by atoms with Crippen molar-refractivity contribution in [3.8, 4) is 0 Å². The van der Waals surface area contributed by atoms with Crippen LogP contribution in [0.1, 0.15) is 110 Å². The second-order valence-electron chi connectivity index (χ2n) is 13.6. The van der Waals surface area contributed by atoms with Crippen LogP contribution in [0, 0.1) is 0 Å². The topological polar surface area (TPSA) is 133 Å². The molecule has 1 heterocycles. The lowest BCUT2D eigenvalue weighted by molar-refractivity contribution is -0.124. The molecular formula is C40H55N5O6. The number of aromatic nitrogens is 2. The van der Waals surface area contributed by atoms with Gasteiger partial charge in [-0.25, -0.2) is 4.68 Å². The van der Waals surface area contributed by atoms with Crippen LogP contribution in [-0.4, -0.2) is 71.6 Å². The monoisotopic (exact) mass is 701 g/mol. The average molecular weight is 702 g/mol. The minimum absolute atomic E-state index is 0.0853. The van der Waals surface area contributed by atoms with Crippen LogP contribution in [-0.2, 0) is 38.8 Å². The number of ether oxygens (including phenoxy) is 3. The van der Waals surface area contributed by atoms with Crippen LogP contribution in [0.3, 0.4) is 0 Å². The van der Waals surface area contributed by atoms with Crippen LogP contribution in [0.2, 0.25) is 0 Å². The first-order valence-corrected chi connectivity index (χ1v) is 18.8. The highest BCUT2D eigenvalue weighted by atomic mass is 16.5. The second kappa shape index (κ2) is 20.7. The van der Waals surface area contributed by atoms with Crippen molar-refractivity contribution >= 4 is 17.7 Å². The maximum atomic E-state index is 13.9. The van der Waals surface area contributed by atoms with Gasteiger partial charge in [0.15, 0.2) is 5.69 Å². The zero-order valence-corrected chi connectivity index (χ0v) is 30.0. The fraction of sp³-hybridized carbons (Fsp3) is 0.550. The van der Waals surface area contributed by atoms with Crippen molar-refractivity contribution in [3.63, 3.8) is 0 Å². The summed E-state index contributed by atoms with van der Waals surface area (Å²) in [6, 6.07) is 21.1. The van der Waals surface area contributed by atoms with Gasteiger partial charge in [0.25, 0.3) is 11.8 Å². The van der Waals surface area contributed by atoms with Crippen LogP contribution in [0.25, 0.3) is 0 Å². The van der Waals surface area contributed by atoms with E-state index in [0.29, 0.717) is 39.4 Å². The quantitative estimate of drug-likeness (QED) is 0.136. The standard InChI is InChI=1S/C40H55N5O6/c1-2-3-24-49-25-14-23-41-39(47)34-26-35(40(48)43-33-20-11-13-22-37(33)51-29-31-17-8-5-9-18-31)45(44-34)27-38(46)42-32-19-10-12-21-36(32)50-28-30-15-6-4-7-16-30/h4-9,15-18,26,32-33,36-37H,2-3,10-14,19-25,27-29H2,1H3,(H,41,47)(H,42,46)(H,43,48)/t32-,33-,36-,37-/m0/s1. The predicted molar refractivity (Wildman–Crippen MR) is 195 cm³/mol. The molecule has 0 aliphatic heterocycles. The molecule has 276 valence electrons. The second-order valence-corrected chi connectivity index (χ2v) is 13.6. The Bertz CT molecular complexity index is 1500. The molecule has 0 saturated heterocycles. The fourth-order valence-corrected chi connectivity index (χ4v) is 6.75. The highest BCUT2D eigenvalue weighted by molar-refractivity contribution is 5.98. The van der Waals surface area contributed by atoms with Crippen molar-refractivity contribution in [2.75, 3.05) is 19.8 Å². The Labute approximate surface area is 302 Å².